The van der Waals surface area contributed by atoms with E-state index in [2.05, 4.69) is 10.3 Å². The number of fused-ring (bicyclic) bond motifs is 2. The topological polar surface area (TPSA) is 124 Å². The first-order valence-electron chi connectivity index (χ1n) is 11.5. The molecule has 0 unspecified atom stereocenters. The molecule has 2 aromatic heterocycles. The molecule has 0 atom stereocenters. The Bertz CT molecular complexity index is 1290. The van der Waals surface area contributed by atoms with Gasteiger partial charge in [0.05, 0.1) is 25.1 Å². The van der Waals surface area contributed by atoms with Crippen molar-refractivity contribution in [3.8, 4) is 11.6 Å². The number of aryl methyl sites for hydroxylation is 1. The van der Waals surface area contributed by atoms with Gasteiger partial charge in [-0.2, -0.15) is 13.2 Å². The van der Waals surface area contributed by atoms with Crippen LogP contribution in [0.1, 0.15) is 46.9 Å². The molecule has 2 N–H and O–H groups in total. The van der Waals surface area contributed by atoms with E-state index in [9.17, 15) is 18.0 Å². The lowest BCUT2D eigenvalue weighted by Gasteiger charge is -2.20. The number of anilines is 1. The zero-order valence-electron chi connectivity index (χ0n) is 19.9. The lowest BCUT2D eigenvalue weighted by atomic mass is 9.97. The number of carboxylic acids is 1. The van der Waals surface area contributed by atoms with Crippen molar-refractivity contribution in [2.24, 2.45) is 0 Å². The number of ether oxygens (including phenoxy) is 3. The van der Waals surface area contributed by atoms with E-state index in [-0.39, 0.29) is 11.6 Å². The highest BCUT2D eigenvalue weighted by Crippen LogP contribution is 2.33. The number of carbonyl (C=O) groups excluding carboxylic acids is 1. The molecule has 1 saturated heterocycles. The van der Waals surface area contributed by atoms with E-state index in [0.717, 1.165) is 55.9 Å². The van der Waals surface area contributed by atoms with Gasteiger partial charge in [0.2, 0.25) is 5.65 Å². The molecule has 2 aliphatic rings. The molecule has 1 amide bonds. The number of amides is 1. The van der Waals surface area contributed by atoms with Gasteiger partial charge in [-0.05, 0) is 37.3 Å². The minimum absolute atomic E-state index is 0.253. The van der Waals surface area contributed by atoms with Crippen LogP contribution in [-0.2, 0) is 16.0 Å². The second kappa shape index (κ2) is 11.0. The molecule has 10 nitrogen and oxygen atoms in total. The monoisotopic (exact) mass is 522 g/mol. The van der Waals surface area contributed by atoms with Crippen molar-refractivity contribution < 1.29 is 42.1 Å². The zero-order chi connectivity index (χ0) is 26.6. The van der Waals surface area contributed by atoms with Crippen molar-refractivity contribution >= 4 is 23.2 Å². The Morgan fingerprint density at radius 1 is 1.16 bits per heavy atom. The van der Waals surface area contributed by atoms with E-state index >= 15 is 0 Å². The minimum atomic E-state index is -5.08. The number of halogens is 3. The van der Waals surface area contributed by atoms with Crippen molar-refractivity contribution in [2.75, 3.05) is 32.2 Å². The average Bonchev–Trinajstić information content (AvgIpc) is 3.33. The van der Waals surface area contributed by atoms with E-state index in [0.29, 0.717) is 29.7 Å². The summed E-state index contributed by atoms with van der Waals surface area (Å²) in [7, 11) is 1.54. The third kappa shape index (κ3) is 6.10. The zero-order valence-corrected chi connectivity index (χ0v) is 19.9. The number of para-hydroxylation sites is 1. The van der Waals surface area contributed by atoms with Crippen LogP contribution in [-0.4, -0.2) is 64.5 Å². The highest BCUT2D eigenvalue weighted by Gasteiger charge is 2.38. The van der Waals surface area contributed by atoms with Crippen molar-refractivity contribution in [3.63, 3.8) is 0 Å². The van der Waals surface area contributed by atoms with Crippen LogP contribution in [0.3, 0.4) is 0 Å². The highest BCUT2D eigenvalue weighted by atomic mass is 19.4. The maximum Gasteiger partial charge on any atom is 0.490 e. The Balaban J connectivity index is 0.000000405. The number of carboxylic acid groups (broad SMARTS) is 1. The van der Waals surface area contributed by atoms with Gasteiger partial charge in [-0.3, -0.25) is 9.20 Å². The summed E-state index contributed by atoms with van der Waals surface area (Å²) in [5, 5.41) is 10.1. The number of imidazole rings is 1. The largest absolute Gasteiger partial charge is 0.491 e. The predicted molar refractivity (Wildman–Crippen MR) is 124 cm³/mol. The maximum absolute atomic E-state index is 13.0. The summed E-state index contributed by atoms with van der Waals surface area (Å²) in [6.45, 7) is 2.14. The molecule has 4 heterocycles. The van der Waals surface area contributed by atoms with Crippen LogP contribution in [0.5, 0.6) is 11.6 Å². The van der Waals surface area contributed by atoms with Crippen molar-refractivity contribution in [3.05, 3.63) is 47.5 Å². The van der Waals surface area contributed by atoms with E-state index in [1.807, 2.05) is 28.8 Å². The fourth-order valence-electron chi connectivity index (χ4n) is 4.10. The number of benzene rings is 1. The Morgan fingerprint density at radius 2 is 1.89 bits per heavy atom. The molecule has 1 aromatic carbocycles. The molecule has 0 bridgehead atoms. The van der Waals surface area contributed by atoms with Crippen LogP contribution >= 0.6 is 0 Å². The molecular weight excluding hydrogens is 497 g/mol. The first-order valence-corrected chi connectivity index (χ1v) is 11.5. The SMILES string of the molecule is COc1nc(C(=O)Nc2cccc3c2OCCC3)cn2cc(C3CCOCC3)nc12.O=C(O)C(F)(F)F. The summed E-state index contributed by atoms with van der Waals surface area (Å²) in [6.07, 6.45) is 2.37. The van der Waals surface area contributed by atoms with Crippen LogP contribution in [0, 0.1) is 0 Å². The molecule has 0 aliphatic carbocycles. The van der Waals surface area contributed by atoms with E-state index in [1.165, 1.54) is 7.11 Å². The Kier molecular flexibility index (Phi) is 7.81. The van der Waals surface area contributed by atoms with Crippen LogP contribution in [0.15, 0.2) is 30.6 Å². The van der Waals surface area contributed by atoms with Gasteiger partial charge >= 0.3 is 12.1 Å². The third-order valence-electron chi connectivity index (χ3n) is 5.92. The van der Waals surface area contributed by atoms with Crippen LogP contribution in [0.4, 0.5) is 18.9 Å². The second-order valence-electron chi connectivity index (χ2n) is 8.42. The summed E-state index contributed by atoms with van der Waals surface area (Å²) in [6, 6.07) is 5.80. The number of rotatable bonds is 4. The maximum atomic E-state index is 13.0. The Labute approximate surface area is 209 Å². The normalized spacial score (nSPS) is 15.7. The van der Waals surface area contributed by atoms with Gasteiger partial charge < -0.3 is 24.6 Å². The fourth-order valence-corrected chi connectivity index (χ4v) is 4.10. The molecule has 1 fully saturated rings. The number of aliphatic carboxylic acids is 1. The van der Waals surface area contributed by atoms with Gasteiger partial charge in [-0.15, -0.1) is 0 Å². The number of hydrogen-bond acceptors (Lipinski definition) is 7. The van der Waals surface area contributed by atoms with Gasteiger partial charge in [0.25, 0.3) is 11.8 Å². The summed E-state index contributed by atoms with van der Waals surface area (Å²) in [4.78, 5) is 31.0. The first-order chi connectivity index (χ1) is 17.7. The van der Waals surface area contributed by atoms with Gasteiger partial charge in [-0.1, -0.05) is 12.1 Å². The van der Waals surface area contributed by atoms with Crippen LogP contribution < -0.4 is 14.8 Å². The number of nitrogens with one attached hydrogen (secondary N) is 1. The molecule has 0 spiro atoms. The minimum Gasteiger partial charge on any atom is -0.491 e. The van der Waals surface area contributed by atoms with E-state index in [4.69, 9.17) is 29.1 Å². The van der Waals surface area contributed by atoms with Gasteiger partial charge in [0.1, 0.15) is 11.4 Å². The third-order valence-corrected chi connectivity index (χ3v) is 5.92. The number of methoxy groups -OCH3 is 1. The second-order valence-corrected chi connectivity index (χ2v) is 8.42. The Hall–Kier alpha value is -3.87. The molecule has 37 heavy (non-hydrogen) atoms. The summed E-state index contributed by atoms with van der Waals surface area (Å²) in [5.41, 5.74) is 3.60. The predicted octanol–water partition coefficient (Wildman–Crippen LogP) is 3.84. The molecule has 0 saturated carbocycles. The van der Waals surface area contributed by atoms with Gasteiger partial charge in [0, 0.05) is 31.5 Å². The molecule has 3 aromatic rings. The van der Waals surface area contributed by atoms with Crippen molar-refractivity contribution in [2.45, 2.75) is 37.8 Å². The molecule has 0 radical (unpaired) electrons. The van der Waals surface area contributed by atoms with E-state index in [1.54, 1.807) is 6.20 Å². The molecule has 2 aliphatic heterocycles. The Morgan fingerprint density at radius 3 is 2.57 bits per heavy atom. The lowest BCUT2D eigenvalue weighted by Crippen LogP contribution is -2.21. The average molecular weight is 522 g/mol. The fraction of sp³-hybridized carbons (Fsp3) is 0.417. The summed E-state index contributed by atoms with van der Waals surface area (Å²) < 4.78 is 50.2. The van der Waals surface area contributed by atoms with Crippen LogP contribution in [0.25, 0.3) is 5.65 Å². The van der Waals surface area contributed by atoms with Crippen LogP contribution in [0.2, 0.25) is 0 Å². The highest BCUT2D eigenvalue weighted by molar-refractivity contribution is 6.04. The molecule has 5 rings (SSSR count). The van der Waals surface area contributed by atoms with Gasteiger partial charge in [-0.25, -0.2) is 14.8 Å². The van der Waals surface area contributed by atoms with Crippen molar-refractivity contribution in [1.82, 2.24) is 14.4 Å². The first kappa shape index (κ1) is 26.2. The van der Waals surface area contributed by atoms with Gasteiger partial charge in [0.15, 0.2) is 0 Å². The molecule has 13 heteroatoms. The smallest absolute Gasteiger partial charge is 0.490 e. The summed E-state index contributed by atoms with van der Waals surface area (Å²) >= 11 is 0. The van der Waals surface area contributed by atoms with E-state index < -0.39 is 12.1 Å². The lowest BCUT2D eigenvalue weighted by molar-refractivity contribution is -0.192. The number of nitrogens with zero attached hydrogens (tertiary/aromatic N) is 3. The number of hydrogen-bond donors (Lipinski definition) is 2. The molecule has 198 valence electrons. The quantitative estimate of drug-likeness (QED) is 0.530. The number of carbonyl (C=O) groups is 2. The standard InChI is InChI=1S/C22H24N4O4.C2HF3O2/c1-28-22-20-23-17(14-7-10-29-11-8-14)12-26(20)13-18(25-22)21(27)24-16-6-2-4-15-5-3-9-30-19(15)16;3-2(4,5)1(6)7/h2,4,6,12-14H,3,5,7-11H2,1H3,(H,24,27);(H,6,7). The number of alkyl halides is 3. The van der Waals surface area contributed by atoms with Crippen molar-refractivity contribution in [1.29, 1.82) is 0 Å². The summed E-state index contributed by atoms with van der Waals surface area (Å²) in [5.74, 6) is -1.66. The number of aromatic nitrogens is 3. The molecular formula is C24H25F3N4O6.